The van der Waals surface area contributed by atoms with Gasteiger partial charge in [0.1, 0.15) is 5.75 Å². The minimum atomic E-state index is 0.465. The maximum absolute atomic E-state index is 9.58. The van der Waals surface area contributed by atoms with Crippen molar-refractivity contribution in [3.05, 3.63) is 28.8 Å². The summed E-state index contributed by atoms with van der Waals surface area (Å²) in [6, 6.07) is 4.00. The Hall–Kier alpha value is -0.980. The van der Waals surface area contributed by atoms with Crippen LogP contribution in [0.25, 0.3) is 0 Å². The molecule has 1 heteroatoms. The Bertz CT molecular complexity index is 264. The first-order chi connectivity index (χ1) is 5.16. The Kier molecular flexibility index (Phi) is 2.18. The van der Waals surface area contributed by atoms with Gasteiger partial charge in [-0.25, -0.2) is 0 Å². The zero-order valence-electron chi connectivity index (χ0n) is 7.31. The molecule has 1 nitrogen and oxygen atoms in total. The van der Waals surface area contributed by atoms with Crippen molar-refractivity contribution < 1.29 is 5.11 Å². The summed E-state index contributed by atoms with van der Waals surface area (Å²) in [5.41, 5.74) is 3.22. The number of phenolic OH excluding ortho intramolecular Hbond substituents is 1. The average Bonchev–Trinajstić information content (AvgIpc) is 1.99. The fraction of sp³-hybridized carbons (Fsp3) is 0.400. The van der Waals surface area contributed by atoms with E-state index in [1.54, 1.807) is 0 Å². The van der Waals surface area contributed by atoms with E-state index in [2.05, 4.69) is 6.92 Å². The zero-order chi connectivity index (χ0) is 8.43. The van der Waals surface area contributed by atoms with Crippen molar-refractivity contribution in [3.63, 3.8) is 0 Å². The van der Waals surface area contributed by atoms with Crippen LogP contribution in [-0.2, 0) is 6.42 Å². The minimum Gasteiger partial charge on any atom is -0.507 e. The van der Waals surface area contributed by atoms with Gasteiger partial charge in [-0.1, -0.05) is 19.1 Å². The summed E-state index contributed by atoms with van der Waals surface area (Å²) in [6.07, 6.45) is 0.902. The van der Waals surface area contributed by atoms with E-state index in [0.29, 0.717) is 5.75 Å². The van der Waals surface area contributed by atoms with Crippen molar-refractivity contribution in [2.24, 2.45) is 0 Å². The largest absolute Gasteiger partial charge is 0.507 e. The first-order valence-corrected chi connectivity index (χ1v) is 3.94. The van der Waals surface area contributed by atoms with Gasteiger partial charge in [0.2, 0.25) is 0 Å². The predicted molar refractivity (Wildman–Crippen MR) is 47.0 cm³/mol. The summed E-state index contributed by atoms with van der Waals surface area (Å²) >= 11 is 0. The van der Waals surface area contributed by atoms with Gasteiger partial charge in [-0.15, -0.1) is 0 Å². The Balaban J connectivity index is 3.29. The van der Waals surface area contributed by atoms with E-state index in [1.807, 2.05) is 26.0 Å². The molecule has 0 unspecified atom stereocenters. The lowest BCUT2D eigenvalue weighted by molar-refractivity contribution is 0.464. The molecule has 0 atom stereocenters. The van der Waals surface area contributed by atoms with E-state index < -0.39 is 0 Å². The van der Waals surface area contributed by atoms with E-state index >= 15 is 0 Å². The van der Waals surface area contributed by atoms with E-state index in [0.717, 1.165) is 17.5 Å². The Morgan fingerprint density at radius 3 is 2.18 bits per heavy atom. The molecule has 0 aromatic heterocycles. The summed E-state index contributed by atoms with van der Waals surface area (Å²) in [4.78, 5) is 0. The van der Waals surface area contributed by atoms with Crippen LogP contribution >= 0.6 is 0 Å². The molecule has 11 heavy (non-hydrogen) atoms. The highest BCUT2D eigenvalue weighted by atomic mass is 16.3. The Morgan fingerprint density at radius 2 is 1.73 bits per heavy atom. The molecule has 0 aliphatic rings. The molecular formula is C10H14O. The SMILES string of the molecule is CCc1c(C)ccc(C)c1O. The molecule has 1 aromatic rings. The van der Waals surface area contributed by atoms with Gasteiger partial charge in [0, 0.05) is 0 Å². The first kappa shape index (κ1) is 8.12. The first-order valence-electron chi connectivity index (χ1n) is 3.94. The molecule has 1 N–H and O–H groups in total. The van der Waals surface area contributed by atoms with Crippen molar-refractivity contribution in [3.8, 4) is 5.75 Å². The van der Waals surface area contributed by atoms with Crippen LogP contribution in [0.5, 0.6) is 5.75 Å². The Morgan fingerprint density at radius 1 is 1.18 bits per heavy atom. The monoisotopic (exact) mass is 150 g/mol. The standard InChI is InChI=1S/C10H14O/c1-4-9-7(2)5-6-8(3)10(9)11/h5-6,11H,4H2,1-3H3. The molecule has 0 radical (unpaired) electrons. The predicted octanol–water partition coefficient (Wildman–Crippen LogP) is 2.57. The fourth-order valence-corrected chi connectivity index (χ4v) is 1.30. The number of hydrogen-bond donors (Lipinski definition) is 1. The number of phenols is 1. The lowest BCUT2D eigenvalue weighted by Crippen LogP contribution is -1.88. The summed E-state index contributed by atoms with van der Waals surface area (Å²) in [6.45, 7) is 6.01. The van der Waals surface area contributed by atoms with Crippen LogP contribution in [0.4, 0.5) is 0 Å². The fourth-order valence-electron chi connectivity index (χ4n) is 1.30. The van der Waals surface area contributed by atoms with E-state index in [9.17, 15) is 5.11 Å². The minimum absolute atomic E-state index is 0.465. The molecule has 0 aliphatic carbocycles. The van der Waals surface area contributed by atoms with Crippen LogP contribution in [-0.4, -0.2) is 5.11 Å². The third-order valence-corrected chi connectivity index (χ3v) is 2.07. The number of hydrogen-bond acceptors (Lipinski definition) is 1. The summed E-state index contributed by atoms with van der Waals surface area (Å²) < 4.78 is 0. The lowest BCUT2D eigenvalue weighted by atomic mass is 10.0. The second-order valence-electron chi connectivity index (χ2n) is 2.88. The van der Waals surface area contributed by atoms with Crippen molar-refractivity contribution in [2.75, 3.05) is 0 Å². The molecule has 0 bridgehead atoms. The number of aryl methyl sites for hydroxylation is 2. The molecule has 0 fully saturated rings. The number of rotatable bonds is 1. The molecule has 1 aromatic carbocycles. The van der Waals surface area contributed by atoms with Crippen molar-refractivity contribution in [2.45, 2.75) is 27.2 Å². The topological polar surface area (TPSA) is 20.2 Å². The third kappa shape index (κ3) is 1.37. The van der Waals surface area contributed by atoms with Crippen LogP contribution in [0.2, 0.25) is 0 Å². The Labute approximate surface area is 67.7 Å². The number of aromatic hydroxyl groups is 1. The molecule has 1 rings (SSSR count). The lowest BCUT2D eigenvalue weighted by Gasteiger charge is -2.07. The van der Waals surface area contributed by atoms with Crippen molar-refractivity contribution >= 4 is 0 Å². The molecule has 0 amide bonds. The van der Waals surface area contributed by atoms with Gasteiger partial charge in [0.15, 0.2) is 0 Å². The van der Waals surface area contributed by atoms with Gasteiger partial charge < -0.3 is 5.11 Å². The van der Waals surface area contributed by atoms with Crippen LogP contribution < -0.4 is 0 Å². The van der Waals surface area contributed by atoms with Gasteiger partial charge in [0.25, 0.3) is 0 Å². The summed E-state index contributed by atoms with van der Waals surface area (Å²) in [7, 11) is 0. The van der Waals surface area contributed by atoms with Crippen LogP contribution in [0.3, 0.4) is 0 Å². The third-order valence-electron chi connectivity index (χ3n) is 2.07. The van der Waals surface area contributed by atoms with E-state index in [4.69, 9.17) is 0 Å². The zero-order valence-corrected chi connectivity index (χ0v) is 7.31. The van der Waals surface area contributed by atoms with E-state index in [1.165, 1.54) is 5.56 Å². The molecule has 0 saturated heterocycles. The van der Waals surface area contributed by atoms with Gasteiger partial charge in [-0.05, 0) is 37.0 Å². The average molecular weight is 150 g/mol. The molecule has 0 saturated carbocycles. The normalized spacial score (nSPS) is 10.1. The quantitative estimate of drug-likeness (QED) is 0.652. The second-order valence-corrected chi connectivity index (χ2v) is 2.88. The summed E-state index contributed by atoms with van der Waals surface area (Å²) in [5.74, 6) is 0.465. The number of benzene rings is 1. The van der Waals surface area contributed by atoms with Gasteiger partial charge in [0.05, 0.1) is 0 Å². The van der Waals surface area contributed by atoms with Crippen LogP contribution in [0, 0.1) is 13.8 Å². The van der Waals surface area contributed by atoms with Gasteiger partial charge in [-0.2, -0.15) is 0 Å². The van der Waals surface area contributed by atoms with Gasteiger partial charge >= 0.3 is 0 Å². The molecule has 0 heterocycles. The highest BCUT2D eigenvalue weighted by Gasteiger charge is 2.03. The van der Waals surface area contributed by atoms with Crippen LogP contribution in [0.1, 0.15) is 23.6 Å². The highest BCUT2D eigenvalue weighted by molar-refractivity contribution is 5.44. The highest BCUT2D eigenvalue weighted by Crippen LogP contribution is 2.24. The molecule has 0 aliphatic heterocycles. The molecule has 60 valence electrons. The molecule has 0 spiro atoms. The second kappa shape index (κ2) is 2.95. The van der Waals surface area contributed by atoms with E-state index in [-0.39, 0.29) is 0 Å². The summed E-state index contributed by atoms with van der Waals surface area (Å²) in [5, 5.41) is 9.58. The maximum atomic E-state index is 9.58. The van der Waals surface area contributed by atoms with Gasteiger partial charge in [-0.3, -0.25) is 0 Å². The van der Waals surface area contributed by atoms with Crippen molar-refractivity contribution in [1.29, 1.82) is 0 Å². The van der Waals surface area contributed by atoms with Crippen molar-refractivity contribution in [1.82, 2.24) is 0 Å². The molecular weight excluding hydrogens is 136 g/mol. The van der Waals surface area contributed by atoms with Crippen LogP contribution in [0.15, 0.2) is 12.1 Å². The smallest absolute Gasteiger partial charge is 0.121 e. The maximum Gasteiger partial charge on any atom is 0.121 e.